The summed E-state index contributed by atoms with van der Waals surface area (Å²) in [5.41, 5.74) is 5.56. The van der Waals surface area contributed by atoms with Gasteiger partial charge in [-0.1, -0.05) is 35.9 Å². The van der Waals surface area contributed by atoms with Gasteiger partial charge in [-0.15, -0.1) is 0 Å². The van der Waals surface area contributed by atoms with Gasteiger partial charge in [0.15, 0.2) is 0 Å². The van der Waals surface area contributed by atoms with E-state index in [9.17, 15) is 9.59 Å². The van der Waals surface area contributed by atoms with Crippen LogP contribution in [-0.4, -0.2) is 29.3 Å². The van der Waals surface area contributed by atoms with Crippen molar-refractivity contribution in [3.05, 3.63) is 87.7 Å². The molecule has 0 N–H and O–H groups in total. The van der Waals surface area contributed by atoms with Crippen LogP contribution < -0.4 is 15.2 Å². The Labute approximate surface area is 198 Å². The van der Waals surface area contributed by atoms with Gasteiger partial charge in [0, 0.05) is 23.2 Å². The van der Waals surface area contributed by atoms with Crippen molar-refractivity contribution in [2.24, 2.45) is 0 Å². The third-order valence-electron chi connectivity index (χ3n) is 6.51. The monoisotopic (exact) mass is 453 g/mol. The summed E-state index contributed by atoms with van der Waals surface area (Å²) in [5.74, 6) is 0.626. The summed E-state index contributed by atoms with van der Waals surface area (Å²) < 4.78 is 6.66. The zero-order valence-corrected chi connectivity index (χ0v) is 19.7. The van der Waals surface area contributed by atoms with Crippen LogP contribution >= 0.6 is 0 Å². The molecule has 0 atom stereocenters. The molecular weight excluding hydrogens is 426 g/mol. The molecule has 1 aromatic heterocycles. The summed E-state index contributed by atoms with van der Waals surface area (Å²) >= 11 is 0. The van der Waals surface area contributed by atoms with Crippen molar-refractivity contribution in [2.45, 2.75) is 33.2 Å². The third-order valence-corrected chi connectivity index (χ3v) is 6.51. The van der Waals surface area contributed by atoms with Gasteiger partial charge in [-0.3, -0.25) is 9.59 Å². The van der Waals surface area contributed by atoms with Crippen LogP contribution in [0, 0.1) is 13.8 Å². The number of aromatic nitrogens is 2. The fourth-order valence-electron chi connectivity index (χ4n) is 4.71. The normalized spacial score (nSPS) is 13.1. The topological polar surface area (TPSA) is 64.4 Å². The van der Waals surface area contributed by atoms with E-state index in [4.69, 9.17) is 9.84 Å². The molecule has 3 aromatic carbocycles. The van der Waals surface area contributed by atoms with Gasteiger partial charge in [-0.05, 0) is 68.1 Å². The van der Waals surface area contributed by atoms with E-state index in [-0.39, 0.29) is 18.0 Å². The van der Waals surface area contributed by atoms with Crippen LogP contribution in [0.15, 0.2) is 65.5 Å². The molecule has 1 aliphatic heterocycles. The molecule has 1 aliphatic rings. The van der Waals surface area contributed by atoms with Gasteiger partial charge >= 0.3 is 0 Å². The van der Waals surface area contributed by atoms with Gasteiger partial charge in [-0.2, -0.15) is 5.10 Å². The van der Waals surface area contributed by atoms with Crippen LogP contribution in [0.25, 0.3) is 22.0 Å². The first-order valence-electron chi connectivity index (χ1n) is 11.5. The molecule has 0 spiro atoms. The zero-order chi connectivity index (χ0) is 23.8. The third kappa shape index (κ3) is 3.85. The van der Waals surface area contributed by atoms with Crippen molar-refractivity contribution in [1.82, 2.24) is 9.78 Å². The molecule has 0 radical (unpaired) electrons. The second kappa shape index (κ2) is 8.78. The number of anilines is 1. The Morgan fingerprint density at radius 1 is 1.03 bits per heavy atom. The Balaban J connectivity index is 1.58. The van der Waals surface area contributed by atoms with Crippen molar-refractivity contribution in [3.8, 4) is 17.0 Å². The molecule has 0 bridgehead atoms. The summed E-state index contributed by atoms with van der Waals surface area (Å²) in [4.78, 5) is 28.5. The van der Waals surface area contributed by atoms with Crippen LogP contribution in [0.4, 0.5) is 5.69 Å². The Bertz CT molecular complexity index is 1470. The molecule has 1 amide bonds. The molecule has 0 fully saturated rings. The molecule has 6 heteroatoms. The van der Waals surface area contributed by atoms with Gasteiger partial charge in [-0.25, -0.2) is 4.68 Å². The van der Waals surface area contributed by atoms with Crippen molar-refractivity contribution in [3.63, 3.8) is 0 Å². The highest BCUT2D eigenvalue weighted by Crippen LogP contribution is 2.31. The lowest BCUT2D eigenvalue weighted by atomic mass is 9.99. The second-order valence-corrected chi connectivity index (χ2v) is 8.82. The lowest BCUT2D eigenvalue weighted by Gasteiger charge is -2.30. The first-order chi connectivity index (χ1) is 16.5. The number of hydrogen-bond donors (Lipinski definition) is 0. The molecule has 4 aromatic rings. The molecular formula is C28H27N3O3. The molecule has 6 nitrogen and oxygen atoms in total. The summed E-state index contributed by atoms with van der Waals surface area (Å²) in [6.45, 7) is 4.57. The Kier molecular flexibility index (Phi) is 5.65. The number of benzene rings is 3. The molecule has 34 heavy (non-hydrogen) atoms. The second-order valence-electron chi connectivity index (χ2n) is 8.82. The predicted octanol–water partition coefficient (Wildman–Crippen LogP) is 4.67. The van der Waals surface area contributed by atoms with E-state index in [0.717, 1.165) is 51.9 Å². The Hall–Kier alpha value is -3.93. The highest BCUT2D eigenvalue weighted by atomic mass is 16.5. The minimum atomic E-state index is -0.259. The fraction of sp³-hybridized carbons (Fsp3) is 0.250. The van der Waals surface area contributed by atoms with Crippen LogP contribution in [0.1, 0.15) is 23.1 Å². The van der Waals surface area contributed by atoms with E-state index >= 15 is 0 Å². The van der Waals surface area contributed by atoms with E-state index in [0.29, 0.717) is 17.6 Å². The fourth-order valence-corrected chi connectivity index (χ4v) is 4.71. The van der Waals surface area contributed by atoms with E-state index in [1.54, 1.807) is 18.1 Å². The SMILES string of the molecule is COc1ccc2c(c1)CCCN2C(=O)Cn1nc(-c2cc(C)ccc2C)c2ccccc2c1=O. The number of carbonyl (C=O) groups is 1. The van der Waals surface area contributed by atoms with Gasteiger partial charge < -0.3 is 9.64 Å². The van der Waals surface area contributed by atoms with Crippen LogP contribution in [0.2, 0.25) is 0 Å². The number of hydrogen-bond acceptors (Lipinski definition) is 4. The predicted molar refractivity (Wildman–Crippen MR) is 135 cm³/mol. The zero-order valence-electron chi connectivity index (χ0n) is 19.7. The highest BCUT2D eigenvalue weighted by molar-refractivity contribution is 5.96. The van der Waals surface area contributed by atoms with Crippen molar-refractivity contribution in [2.75, 3.05) is 18.6 Å². The lowest BCUT2D eigenvalue weighted by Crippen LogP contribution is -2.40. The lowest BCUT2D eigenvalue weighted by molar-refractivity contribution is -0.119. The summed E-state index contributed by atoms with van der Waals surface area (Å²) in [6.07, 6.45) is 1.75. The number of ether oxygens (including phenoxy) is 1. The molecule has 0 unspecified atom stereocenters. The summed E-state index contributed by atoms with van der Waals surface area (Å²) in [5, 5.41) is 6.08. The molecule has 0 saturated carbocycles. The van der Waals surface area contributed by atoms with Crippen molar-refractivity contribution < 1.29 is 9.53 Å². The van der Waals surface area contributed by atoms with E-state index in [2.05, 4.69) is 18.2 Å². The smallest absolute Gasteiger partial charge is 0.275 e. The maximum Gasteiger partial charge on any atom is 0.275 e. The first kappa shape index (κ1) is 21.9. The van der Waals surface area contributed by atoms with E-state index in [1.807, 2.05) is 50.2 Å². The van der Waals surface area contributed by atoms with Crippen LogP contribution in [0.3, 0.4) is 0 Å². The van der Waals surface area contributed by atoms with Crippen molar-refractivity contribution in [1.29, 1.82) is 0 Å². The number of aryl methyl sites for hydroxylation is 3. The Morgan fingerprint density at radius 2 is 1.82 bits per heavy atom. The number of carbonyl (C=O) groups excluding carboxylic acids is 1. The molecule has 0 saturated heterocycles. The quantitative estimate of drug-likeness (QED) is 0.451. The summed E-state index contributed by atoms with van der Waals surface area (Å²) in [7, 11) is 1.64. The van der Waals surface area contributed by atoms with Crippen LogP contribution in [0.5, 0.6) is 5.75 Å². The number of nitrogens with zero attached hydrogens (tertiary/aromatic N) is 3. The average molecular weight is 454 g/mol. The molecule has 2 heterocycles. The van der Waals surface area contributed by atoms with Gasteiger partial charge in [0.2, 0.25) is 5.91 Å². The highest BCUT2D eigenvalue weighted by Gasteiger charge is 2.24. The van der Waals surface area contributed by atoms with Gasteiger partial charge in [0.05, 0.1) is 18.2 Å². The minimum absolute atomic E-state index is 0.118. The summed E-state index contributed by atoms with van der Waals surface area (Å²) in [6, 6.07) is 19.4. The Morgan fingerprint density at radius 3 is 2.62 bits per heavy atom. The molecule has 172 valence electrons. The first-order valence-corrected chi connectivity index (χ1v) is 11.5. The van der Waals surface area contributed by atoms with Gasteiger partial charge in [0.1, 0.15) is 12.3 Å². The van der Waals surface area contributed by atoms with E-state index in [1.165, 1.54) is 4.68 Å². The van der Waals surface area contributed by atoms with Gasteiger partial charge in [0.25, 0.3) is 5.56 Å². The maximum absolute atomic E-state index is 13.4. The number of fused-ring (bicyclic) bond motifs is 2. The number of amides is 1. The largest absolute Gasteiger partial charge is 0.497 e. The minimum Gasteiger partial charge on any atom is -0.497 e. The average Bonchev–Trinajstić information content (AvgIpc) is 2.86. The number of rotatable bonds is 4. The molecule has 0 aliphatic carbocycles. The van der Waals surface area contributed by atoms with Crippen molar-refractivity contribution >= 4 is 22.4 Å². The standard InChI is InChI=1S/C28H27N3O3/c1-18-10-11-19(2)24(15-18)27-22-8-4-5-9-23(22)28(33)31(29-27)17-26(32)30-14-6-7-20-16-21(34-3)12-13-25(20)30/h4-5,8-13,15-16H,6-7,14,17H2,1-3H3. The number of methoxy groups -OCH3 is 1. The maximum atomic E-state index is 13.4. The molecule has 5 rings (SSSR count). The van der Waals surface area contributed by atoms with Crippen LogP contribution in [-0.2, 0) is 17.8 Å². The van der Waals surface area contributed by atoms with E-state index < -0.39 is 0 Å².